The smallest absolute Gasteiger partial charge is 0.126 e. The van der Waals surface area contributed by atoms with Gasteiger partial charge in [0.1, 0.15) is 18.2 Å². The topological polar surface area (TPSA) is 60.2 Å². The van der Waals surface area contributed by atoms with Gasteiger partial charge in [0.05, 0.1) is 18.4 Å². The lowest BCUT2D eigenvalue weighted by molar-refractivity contribution is 0.333. The molecule has 4 heteroatoms. The molecule has 0 saturated carbocycles. The molecule has 0 unspecified atom stereocenters. The lowest BCUT2D eigenvalue weighted by atomic mass is 10.2. The van der Waals surface area contributed by atoms with Gasteiger partial charge in [-0.3, -0.25) is 0 Å². The number of nitrogens with zero attached hydrogens (tertiary/aromatic N) is 1. The van der Waals surface area contributed by atoms with Crippen LogP contribution in [0.15, 0.2) is 42.6 Å². The molecule has 0 bridgehead atoms. The number of nitrogens with two attached hydrogens (primary N) is 1. The molecule has 1 aromatic heterocycles. The van der Waals surface area contributed by atoms with Crippen molar-refractivity contribution >= 4 is 11.5 Å². The van der Waals surface area contributed by atoms with E-state index in [4.69, 9.17) is 10.5 Å². The van der Waals surface area contributed by atoms with Crippen LogP contribution in [0.3, 0.4) is 0 Å². The summed E-state index contributed by atoms with van der Waals surface area (Å²) in [6.45, 7) is 3.25. The molecule has 0 spiro atoms. The maximum Gasteiger partial charge on any atom is 0.126 e. The molecular formula is C14H17N3O. The monoisotopic (exact) mass is 243 g/mol. The van der Waals surface area contributed by atoms with E-state index in [9.17, 15) is 0 Å². The van der Waals surface area contributed by atoms with Crippen molar-refractivity contribution in [2.24, 2.45) is 0 Å². The highest BCUT2D eigenvalue weighted by Crippen LogP contribution is 2.13. The van der Waals surface area contributed by atoms with Crippen molar-refractivity contribution in [1.29, 1.82) is 0 Å². The third kappa shape index (κ3) is 3.38. The number of hydrogen-bond donors (Lipinski definition) is 2. The predicted octanol–water partition coefficient (Wildman–Crippen LogP) is 2.46. The second kappa shape index (κ2) is 5.91. The van der Waals surface area contributed by atoms with Crippen LogP contribution in [0.2, 0.25) is 0 Å². The average Bonchev–Trinajstić information content (AvgIpc) is 2.40. The van der Waals surface area contributed by atoms with E-state index in [1.54, 1.807) is 6.20 Å². The van der Waals surface area contributed by atoms with Crippen molar-refractivity contribution in [3.05, 3.63) is 48.2 Å². The Kier molecular flexibility index (Phi) is 4.02. The second-order valence-corrected chi connectivity index (χ2v) is 4.01. The van der Waals surface area contributed by atoms with Crippen LogP contribution < -0.4 is 15.8 Å². The minimum absolute atomic E-state index is 0.592. The standard InChI is InChI=1S/C14H17N3O/c1-11-9-14(17-10-13(11)15)16-7-8-18-12-5-3-2-4-6-12/h2-6,9-10H,7-8,15H2,1H3,(H,16,17). The molecule has 2 rings (SSSR count). The van der Waals surface area contributed by atoms with E-state index in [2.05, 4.69) is 10.3 Å². The van der Waals surface area contributed by atoms with Crippen molar-refractivity contribution in [3.8, 4) is 5.75 Å². The number of hydrogen-bond acceptors (Lipinski definition) is 4. The third-order valence-corrected chi connectivity index (χ3v) is 2.57. The molecule has 1 aromatic carbocycles. The van der Waals surface area contributed by atoms with Crippen molar-refractivity contribution in [2.45, 2.75) is 6.92 Å². The number of nitrogen functional groups attached to an aromatic ring is 1. The molecule has 0 aliphatic carbocycles. The molecule has 0 aliphatic heterocycles. The maximum absolute atomic E-state index is 5.70. The van der Waals surface area contributed by atoms with E-state index >= 15 is 0 Å². The summed E-state index contributed by atoms with van der Waals surface area (Å²) in [5.41, 5.74) is 7.44. The number of pyridine rings is 1. The lowest BCUT2D eigenvalue weighted by Crippen LogP contribution is -2.12. The summed E-state index contributed by atoms with van der Waals surface area (Å²) in [6, 6.07) is 11.7. The average molecular weight is 243 g/mol. The summed E-state index contributed by atoms with van der Waals surface area (Å²) in [5, 5.41) is 3.19. The van der Waals surface area contributed by atoms with Gasteiger partial charge in [0, 0.05) is 0 Å². The SMILES string of the molecule is Cc1cc(NCCOc2ccccc2)ncc1N. The highest BCUT2D eigenvalue weighted by atomic mass is 16.5. The molecule has 0 saturated heterocycles. The number of nitrogens with one attached hydrogen (secondary N) is 1. The maximum atomic E-state index is 5.70. The Morgan fingerprint density at radius 3 is 2.78 bits per heavy atom. The number of aryl methyl sites for hydroxylation is 1. The van der Waals surface area contributed by atoms with Crippen molar-refractivity contribution in [3.63, 3.8) is 0 Å². The van der Waals surface area contributed by atoms with Crippen LogP contribution in [0.4, 0.5) is 11.5 Å². The van der Waals surface area contributed by atoms with Gasteiger partial charge in [-0.05, 0) is 30.7 Å². The van der Waals surface area contributed by atoms with Crippen molar-refractivity contribution in [1.82, 2.24) is 4.98 Å². The molecule has 0 atom stereocenters. The first-order chi connectivity index (χ1) is 8.75. The predicted molar refractivity (Wildman–Crippen MR) is 73.8 cm³/mol. The summed E-state index contributed by atoms with van der Waals surface area (Å²) in [7, 11) is 0. The van der Waals surface area contributed by atoms with Gasteiger partial charge in [-0.2, -0.15) is 0 Å². The molecule has 4 nitrogen and oxygen atoms in total. The van der Waals surface area contributed by atoms with Crippen LogP contribution in [0.1, 0.15) is 5.56 Å². The van der Waals surface area contributed by atoms with Crippen LogP contribution in [0.25, 0.3) is 0 Å². The summed E-state index contributed by atoms with van der Waals surface area (Å²) in [4.78, 5) is 4.19. The van der Waals surface area contributed by atoms with Gasteiger partial charge in [0.25, 0.3) is 0 Å². The lowest BCUT2D eigenvalue weighted by Gasteiger charge is -2.09. The Labute approximate surface area is 107 Å². The zero-order valence-electron chi connectivity index (χ0n) is 10.4. The summed E-state index contributed by atoms with van der Waals surface area (Å²) in [5.74, 6) is 1.69. The quantitative estimate of drug-likeness (QED) is 0.792. The first-order valence-corrected chi connectivity index (χ1v) is 5.89. The van der Waals surface area contributed by atoms with E-state index in [1.165, 1.54) is 0 Å². The van der Waals surface area contributed by atoms with E-state index in [0.29, 0.717) is 18.8 Å². The Hall–Kier alpha value is -2.23. The molecule has 0 radical (unpaired) electrons. The first kappa shape index (κ1) is 12.2. The highest BCUT2D eigenvalue weighted by molar-refractivity contribution is 5.50. The molecule has 0 aliphatic rings. The molecular weight excluding hydrogens is 226 g/mol. The zero-order chi connectivity index (χ0) is 12.8. The number of benzene rings is 1. The van der Waals surface area contributed by atoms with E-state index in [-0.39, 0.29) is 0 Å². The van der Waals surface area contributed by atoms with Gasteiger partial charge in [-0.25, -0.2) is 4.98 Å². The fourth-order valence-electron chi connectivity index (χ4n) is 1.53. The fourth-order valence-corrected chi connectivity index (χ4v) is 1.53. The Bertz CT molecular complexity index is 500. The number of rotatable bonds is 5. The zero-order valence-corrected chi connectivity index (χ0v) is 10.4. The van der Waals surface area contributed by atoms with Gasteiger partial charge < -0.3 is 15.8 Å². The molecule has 1 heterocycles. The number of anilines is 2. The number of para-hydroxylation sites is 1. The van der Waals surface area contributed by atoms with Crippen LogP contribution >= 0.6 is 0 Å². The molecule has 94 valence electrons. The van der Waals surface area contributed by atoms with Crippen molar-refractivity contribution in [2.75, 3.05) is 24.2 Å². The van der Waals surface area contributed by atoms with Gasteiger partial charge in [0.2, 0.25) is 0 Å². The fraction of sp³-hybridized carbons (Fsp3) is 0.214. The van der Waals surface area contributed by atoms with Crippen LogP contribution in [-0.2, 0) is 0 Å². The Morgan fingerprint density at radius 1 is 1.28 bits per heavy atom. The van der Waals surface area contributed by atoms with Crippen LogP contribution in [-0.4, -0.2) is 18.1 Å². The van der Waals surface area contributed by atoms with Gasteiger partial charge >= 0.3 is 0 Å². The van der Waals surface area contributed by atoms with Crippen LogP contribution in [0.5, 0.6) is 5.75 Å². The number of ether oxygens (including phenoxy) is 1. The third-order valence-electron chi connectivity index (χ3n) is 2.57. The summed E-state index contributed by atoms with van der Waals surface area (Å²) >= 11 is 0. The van der Waals surface area contributed by atoms with Gasteiger partial charge in [-0.15, -0.1) is 0 Å². The molecule has 2 aromatic rings. The largest absolute Gasteiger partial charge is 0.492 e. The minimum atomic E-state index is 0.592. The summed E-state index contributed by atoms with van der Waals surface area (Å²) < 4.78 is 5.57. The highest BCUT2D eigenvalue weighted by Gasteiger charge is 1.98. The number of aromatic nitrogens is 1. The van der Waals surface area contributed by atoms with E-state index in [0.717, 1.165) is 17.1 Å². The van der Waals surface area contributed by atoms with Gasteiger partial charge in [0.15, 0.2) is 0 Å². The Morgan fingerprint density at radius 2 is 2.06 bits per heavy atom. The second-order valence-electron chi connectivity index (χ2n) is 4.01. The summed E-state index contributed by atoms with van der Waals surface area (Å²) in [6.07, 6.45) is 1.66. The first-order valence-electron chi connectivity index (χ1n) is 5.89. The van der Waals surface area contributed by atoms with Crippen LogP contribution in [0, 0.1) is 6.92 Å². The van der Waals surface area contributed by atoms with Crippen molar-refractivity contribution < 1.29 is 4.74 Å². The molecule has 18 heavy (non-hydrogen) atoms. The minimum Gasteiger partial charge on any atom is -0.492 e. The van der Waals surface area contributed by atoms with E-state index < -0.39 is 0 Å². The van der Waals surface area contributed by atoms with Gasteiger partial charge in [-0.1, -0.05) is 18.2 Å². The molecule has 0 fully saturated rings. The normalized spacial score (nSPS) is 10.1. The van der Waals surface area contributed by atoms with E-state index in [1.807, 2.05) is 43.3 Å². The molecule has 0 amide bonds. The Balaban J connectivity index is 1.77. The molecule has 3 N–H and O–H groups in total.